The van der Waals surface area contributed by atoms with E-state index in [1.54, 1.807) is 6.07 Å². The van der Waals surface area contributed by atoms with Crippen LogP contribution in [-0.4, -0.2) is 21.2 Å². The van der Waals surface area contributed by atoms with E-state index in [0.29, 0.717) is 17.9 Å². The first kappa shape index (κ1) is 23.7. The largest absolute Gasteiger partial charge is 0.303 e. The first-order valence-electron chi connectivity index (χ1n) is 12.2. The minimum absolute atomic E-state index is 0.364. The second kappa shape index (κ2) is 11.1. The molecule has 0 bridgehead atoms. The molecule has 4 rings (SSSR count). The van der Waals surface area contributed by atoms with Gasteiger partial charge in [0, 0.05) is 18.4 Å². The molecule has 5 heteroatoms. The van der Waals surface area contributed by atoms with Crippen LogP contribution in [0.5, 0.6) is 0 Å². The van der Waals surface area contributed by atoms with E-state index >= 15 is 0 Å². The highest BCUT2D eigenvalue weighted by atomic mass is 32.2. The Kier molecular flexibility index (Phi) is 7.94. The van der Waals surface area contributed by atoms with Crippen molar-refractivity contribution in [1.29, 1.82) is 0 Å². The smallest absolute Gasteiger partial charge is 0.241 e. The normalized spacial score (nSPS) is 12.2. The lowest BCUT2D eigenvalue weighted by atomic mass is 9.94. The van der Waals surface area contributed by atoms with Crippen LogP contribution >= 0.6 is 0 Å². The number of carbonyl (C=O) groups is 1. The monoisotopic (exact) mass is 463 g/mol. The Hall–Kier alpha value is -2.50. The summed E-state index contributed by atoms with van der Waals surface area (Å²) in [6.45, 7) is 0.468. The molecule has 33 heavy (non-hydrogen) atoms. The topological polar surface area (TPSA) is 63.2 Å². The van der Waals surface area contributed by atoms with Gasteiger partial charge in [0.15, 0.2) is 0 Å². The average Bonchev–Trinajstić information content (AvgIpc) is 2.83. The molecule has 0 aliphatic carbocycles. The molecular formula is C28H33NO3S. The van der Waals surface area contributed by atoms with E-state index in [0.717, 1.165) is 70.7 Å². The lowest BCUT2D eigenvalue weighted by Crippen LogP contribution is -2.25. The van der Waals surface area contributed by atoms with Gasteiger partial charge in [-0.25, -0.2) is 13.1 Å². The maximum atomic E-state index is 13.1. The first-order valence-corrected chi connectivity index (χ1v) is 13.7. The van der Waals surface area contributed by atoms with E-state index in [1.165, 1.54) is 25.7 Å². The maximum absolute atomic E-state index is 13.1. The van der Waals surface area contributed by atoms with Crippen LogP contribution < -0.4 is 4.72 Å². The molecule has 0 atom stereocenters. The summed E-state index contributed by atoms with van der Waals surface area (Å²) >= 11 is 0. The molecule has 0 aromatic heterocycles. The van der Waals surface area contributed by atoms with E-state index in [-0.39, 0.29) is 0 Å². The Morgan fingerprint density at radius 1 is 0.636 bits per heavy atom. The molecule has 1 N–H and O–H groups in total. The molecular weight excluding hydrogens is 430 g/mol. The Bertz CT molecular complexity index is 1300. The zero-order valence-corrected chi connectivity index (χ0v) is 20.0. The molecule has 0 saturated heterocycles. The maximum Gasteiger partial charge on any atom is 0.241 e. The van der Waals surface area contributed by atoms with Gasteiger partial charge in [-0.1, -0.05) is 93.5 Å². The Balaban J connectivity index is 1.32. The van der Waals surface area contributed by atoms with Gasteiger partial charge in [-0.2, -0.15) is 0 Å². The average molecular weight is 464 g/mol. The third-order valence-corrected chi connectivity index (χ3v) is 8.09. The molecule has 0 heterocycles. The van der Waals surface area contributed by atoms with Crippen LogP contribution in [0.25, 0.3) is 32.3 Å². The summed E-state index contributed by atoms with van der Waals surface area (Å²) in [5, 5.41) is 6.28. The van der Waals surface area contributed by atoms with Gasteiger partial charge in [-0.05, 0) is 45.8 Å². The molecule has 4 aromatic rings. The lowest BCUT2D eigenvalue weighted by molar-refractivity contribution is -0.107. The van der Waals surface area contributed by atoms with Gasteiger partial charge in [0.1, 0.15) is 6.29 Å². The number of hydrogen-bond donors (Lipinski definition) is 1. The molecule has 0 fully saturated rings. The molecule has 0 aliphatic heterocycles. The fourth-order valence-corrected chi connectivity index (χ4v) is 6.09. The summed E-state index contributed by atoms with van der Waals surface area (Å²) < 4.78 is 29.1. The molecule has 0 radical (unpaired) electrons. The van der Waals surface area contributed by atoms with Crippen molar-refractivity contribution in [1.82, 2.24) is 4.72 Å². The van der Waals surface area contributed by atoms with E-state index in [4.69, 9.17) is 0 Å². The van der Waals surface area contributed by atoms with Crippen molar-refractivity contribution in [2.24, 2.45) is 0 Å². The Morgan fingerprint density at radius 2 is 1.18 bits per heavy atom. The Labute approximate surface area is 196 Å². The van der Waals surface area contributed by atoms with E-state index in [1.807, 2.05) is 24.3 Å². The number of sulfonamides is 1. The molecule has 0 spiro atoms. The first-order chi connectivity index (χ1) is 16.1. The van der Waals surface area contributed by atoms with Crippen LogP contribution in [0.2, 0.25) is 0 Å². The van der Waals surface area contributed by atoms with Crippen LogP contribution in [-0.2, 0) is 14.8 Å². The molecule has 0 unspecified atom stereocenters. The third kappa shape index (κ3) is 5.53. The fraction of sp³-hybridized carbons (Fsp3) is 0.393. The fourth-order valence-electron chi connectivity index (χ4n) is 4.82. The number of rotatable bonds is 14. The van der Waals surface area contributed by atoms with Gasteiger partial charge < -0.3 is 4.79 Å². The molecule has 0 amide bonds. The predicted octanol–water partition coefficient (Wildman–Crippen LogP) is 6.96. The van der Waals surface area contributed by atoms with Gasteiger partial charge >= 0.3 is 0 Å². The van der Waals surface area contributed by atoms with Crippen LogP contribution in [0.4, 0.5) is 0 Å². The van der Waals surface area contributed by atoms with Crippen LogP contribution in [0.1, 0.15) is 64.2 Å². The van der Waals surface area contributed by atoms with Crippen molar-refractivity contribution < 1.29 is 13.2 Å². The summed E-state index contributed by atoms with van der Waals surface area (Å²) in [6, 6.07) is 18.0. The van der Waals surface area contributed by atoms with Gasteiger partial charge in [-0.3, -0.25) is 0 Å². The SMILES string of the molecule is O=CCCCCCCCCCCCNS(=O)(=O)c1ccc2ccc3cccc4ccc1c2c34. The second-order valence-electron chi connectivity index (χ2n) is 8.95. The van der Waals surface area contributed by atoms with Crippen molar-refractivity contribution in [3.63, 3.8) is 0 Å². The number of hydrogen-bond acceptors (Lipinski definition) is 3. The number of nitrogens with one attached hydrogen (secondary N) is 1. The van der Waals surface area contributed by atoms with Crippen LogP contribution in [0.15, 0.2) is 59.5 Å². The standard InChI is InChI=1S/C28H33NO3S/c30-21-10-8-6-4-2-1-3-5-7-9-20-29-33(31,32)26-19-17-24-15-14-22-12-11-13-23-16-18-25(26)28(24)27(22)23/h11-19,21,29H,1-10,20H2. The van der Waals surface area contributed by atoms with E-state index in [2.05, 4.69) is 29.0 Å². The summed E-state index contributed by atoms with van der Waals surface area (Å²) in [4.78, 5) is 10.7. The number of carbonyl (C=O) groups excluding carboxylic acids is 1. The third-order valence-electron chi connectivity index (χ3n) is 6.57. The van der Waals surface area contributed by atoms with Gasteiger partial charge in [0.2, 0.25) is 10.0 Å². The number of unbranched alkanes of at least 4 members (excludes halogenated alkanes) is 9. The number of aldehydes is 1. The molecule has 0 saturated carbocycles. The predicted molar refractivity (Wildman–Crippen MR) is 138 cm³/mol. The van der Waals surface area contributed by atoms with Crippen molar-refractivity contribution in [2.45, 2.75) is 69.1 Å². The molecule has 0 aliphatic rings. The van der Waals surface area contributed by atoms with E-state index < -0.39 is 10.0 Å². The highest BCUT2D eigenvalue weighted by molar-refractivity contribution is 7.89. The van der Waals surface area contributed by atoms with Gasteiger partial charge in [0.05, 0.1) is 4.90 Å². The minimum atomic E-state index is -3.57. The lowest BCUT2D eigenvalue weighted by Gasteiger charge is -2.14. The summed E-state index contributed by atoms with van der Waals surface area (Å²) in [5.74, 6) is 0. The summed E-state index contributed by atoms with van der Waals surface area (Å²) in [7, 11) is -3.57. The van der Waals surface area contributed by atoms with Crippen molar-refractivity contribution >= 4 is 48.6 Å². The van der Waals surface area contributed by atoms with Gasteiger partial charge in [-0.15, -0.1) is 0 Å². The van der Waals surface area contributed by atoms with Crippen LogP contribution in [0, 0.1) is 0 Å². The zero-order chi connectivity index (χ0) is 23.1. The highest BCUT2D eigenvalue weighted by Gasteiger charge is 2.19. The summed E-state index contributed by atoms with van der Waals surface area (Å²) in [5.41, 5.74) is 0. The van der Waals surface area contributed by atoms with Crippen molar-refractivity contribution in [3.8, 4) is 0 Å². The Morgan fingerprint density at radius 3 is 1.85 bits per heavy atom. The highest BCUT2D eigenvalue weighted by Crippen LogP contribution is 2.37. The quantitative estimate of drug-likeness (QED) is 0.125. The molecule has 174 valence electrons. The second-order valence-corrected chi connectivity index (χ2v) is 10.7. The van der Waals surface area contributed by atoms with Gasteiger partial charge in [0.25, 0.3) is 0 Å². The van der Waals surface area contributed by atoms with Crippen molar-refractivity contribution in [3.05, 3.63) is 54.6 Å². The van der Waals surface area contributed by atoms with Crippen molar-refractivity contribution in [2.75, 3.05) is 6.54 Å². The van der Waals surface area contributed by atoms with Crippen LogP contribution in [0.3, 0.4) is 0 Å². The zero-order valence-electron chi connectivity index (χ0n) is 19.2. The minimum Gasteiger partial charge on any atom is -0.303 e. The summed E-state index contributed by atoms with van der Waals surface area (Å²) in [6.07, 6.45) is 11.7. The molecule has 4 aromatic carbocycles. The van der Waals surface area contributed by atoms with E-state index in [9.17, 15) is 13.2 Å². The number of benzene rings is 4. The molecule has 4 nitrogen and oxygen atoms in total.